The minimum absolute atomic E-state index is 0.261. The SMILES string of the molecule is CCc1cccc(C)c1NC(=O)COC(=O)COc1ccc(-c2ccccc2)cc1. The number of carbonyl (C=O) groups excluding carboxylic acids is 2. The number of rotatable bonds is 8. The zero-order valence-electron chi connectivity index (χ0n) is 17.2. The molecule has 0 aliphatic heterocycles. The number of aryl methyl sites for hydroxylation is 2. The van der Waals surface area contributed by atoms with E-state index in [0.717, 1.165) is 34.4 Å². The molecule has 0 saturated heterocycles. The lowest BCUT2D eigenvalue weighted by Gasteiger charge is -2.13. The smallest absolute Gasteiger partial charge is 0.344 e. The zero-order chi connectivity index (χ0) is 21.3. The summed E-state index contributed by atoms with van der Waals surface area (Å²) in [5, 5.41) is 2.82. The molecule has 3 aromatic carbocycles. The normalized spacial score (nSPS) is 10.3. The molecule has 1 N–H and O–H groups in total. The zero-order valence-corrected chi connectivity index (χ0v) is 17.2. The summed E-state index contributed by atoms with van der Waals surface area (Å²) in [7, 11) is 0. The van der Waals surface area contributed by atoms with Crippen molar-refractivity contribution in [2.24, 2.45) is 0 Å². The Hall–Kier alpha value is -3.60. The predicted molar refractivity (Wildman–Crippen MR) is 118 cm³/mol. The standard InChI is InChI=1S/C25H25NO4/c1-3-19-11-7-8-18(2)25(19)26-23(27)16-30-24(28)17-29-22-14-12-21(13-15-22)20-9-5-4-6-10-20/h4-15H,3,16-17H2,1-2H3,(H,26,27). The Bertz CT molecular complexity index is 997. The molecule has 0 heterocycles. The van der Waals surface area contributed by atoms with Crippen LogP contribution < -0.4 is 10.1 Å². The molecule has 5 nitrogen and oxygen atoms in total. The summed E-state index contributed by atoms with van der Waals surface area (Å²) in [6, 6.07) is 23.3. The van der Waals surface area contributed by atoms with E-state index < -0.39 is 5.97 Å². The Balaban J connectivity index is 1.45. The van der Waals surface area contributed by atoms with Gasteiger partial charge >= 0.3 is 5.97 Å². The summed E-state index contributed by atoms with van der Waals surface area (Å²) in [5.41, 5.74) is 4.95. The predicted octanol–water partition coefficient (Wildman–Crippen LogP) is 4.79. The first kappa shape index (κ1) is 21.1. The van der Waals surface area contributed by atoms with Crippen molar-refractivity contribution in [1.82, 2.24) is 0 Å². The number of hydrogen-bond donors (Lipinski definition) is 1. The molecule has 0 radical (unpaired) electrons. The second-order valence-electron chi connectivity index (χ2n) is 6.85. The Morgan fingerprint density at radius 2 is 1.53 bits per heavy atom. The van der Waals surface area contributed by atoms with Gasteiger partial charge in [0, 0.05) is 5.69 Å². The van der Waals surface area contributed by atoms with Gasteiger partial charge in [0.25, 0.3) is 5.91 Å². The molecule has 3 rings (SSSR count). The minimum atomic E-state index is -0.599. The molecule has 0 aliphatic carbocycles. The molecular formula is C25H25NO4. The van der Waals surface area contributed by atoms with Crippen LogP contribution >= 0.6 is 0 Å². The Morgan fingerprint density at radius 1 is 0.833 bits per heavy atom. The first-order valence-corrected chi connectivity index (χ1v) is 9.89. The van der Waals surface area contributed by atoms with E-state index in [1.165, 1.54) is 0 Å². The average molecular weight is 403 g/mol. The number of anilines is 1. The van der Waals surface area contributed by atoms with Crippen molar-refractivity contribution in [3.63, 3.8) is 0 Å². The van der Waals surface area contributed by atoms with Crippen molar-refractivity contribution in [1.29, 1.82) is 0 Å². The fourth-order valence-corrected chi connectivity index (χ4v) is 3.08. The van der Waals surface area contributed by atoms with Gasteiger partial charge in [-0.05, 0) is 47.7 Å². The summed E-state index contributed by atoms with van der Waals surface area (Å²) < 4.78 is 10.5. The van der Waals surface area contributed by atoms with Crippen LogP contribution in [0.4, 0.5) is 5.69 Å². The number of para-hydroxylation sites is 1. The topological polar surface area (TPSA) is 64.6 Å². The highest BCUT2D eigenvalue weighted by Gasteiger charge is 2.12. The molecule has 0 unspecified atom stereocenters. The van der Waals surface area contributed by atoms with Gasteiger partial charge in [-0.25, -0.2) is 4.79 Å². The number of amides is 1. The second-order valence-corrected chi connectivity index (χ2v) is 6.85. The molecule has 1 amide bonds. The van der Waals surface area contributed by atoms with Crippen LogP contribution in [0.15, 0.2) is 72.8 Å². The molecule has 0 atom stereocenters. The van der Waals surface area contributed by atoms with E-state index in [2.05, 4.69) is 5.32 Å². The van der Waals surface area contributed by atoms with Gasteiger partial charge in [0.05, 0.1) is 0 Å². The summed E-state index contributed by atoms with van der Waals surface area (Å²) >= 11 is 0. The lowest BCUT2D eigenvalue weighted by molar-refractivity contribution is -0.149. The Kier molecular flexibility index (Phi) is 7.22. The van der Waals surface area contributed by atoms with E-state index in [-0.39, 0.29) is 19.1 Å². The van der Waals surface area contributed by atoms with Gasteiger partial charge in [-0.15, -0.1) is 0 Å². The van der Waals surface area contributed by atoms with Gasteiger partial charge in [-0.2, -0.15) is 0 Å². The first-order chi connectivity index (χ1) is 14.6. The van der Waals surface area contributed by atoms with E-state index >= 15 is 0 Å². The van der Waals surface area contributed by atoms with Crippen LogP contribution in [-0.4, -0.2) is 25.1 Å². The third kappa shape index (κ3) is 5.70. The minimum Gasteiger partial charge on any atom is -0.482 e. The molecule has 0 saturated carbocycles. The molecular weight excluding hydrogens is 378 g/mol. The fourth-order valence-electron chi connectivity index (χ4n) is 3.08. The average Bonchev–Trinajstić information content (AvgIpc) is 2.78. The number of ether oxygens (including phenoxy) is 2. The maximum absolute atomic E-state index is 12.2. The lowest BCUT2D eigenvalue weighted by Crippen LogP contribution is -2.24. The maximum Gasteiger partial charge on any atom is 0.344 e. The lowest BCUT2D eigenvalue weighted by atomic mass is 10.1. The van der Waals surface area contributed by atoms with Gasteiger partial charge < -0.3 is 14.8 Å². The number of carbonyl (C=O) groups is 2. The largest absolute Gasteiger partial charge is 0.482 e. The summed E-state index contributed by atoms with van der Waals surface area (Å²) in [4.78, 5) is 24.1. The number of nitrogens with one attached hydrogen (secondary N) is 1. The quantitative estimate of drug-likeness (QED) is 0.550. The third-order valence-corrected chi connectivity index (χ3v) is 4.69. The van der Waals surface area contributed by atoms with E-state index in [1.54, 1.807) is 12.1 Å². The van der Waals surface area contributed by atoms with E-state index in [4.69, 9.17) is 9.47 Å². The first-order valence-electron chi connectivity index (χ1n) is 9.89. The van der Waals surface area contributed by atoms with E-state index in [1.807, 2.05) is 74.5 Å². The summed E-state index contributed by atoms with van der Waals surface area (Å²) in [6.07, 6.45) is 0.800. The summed E-state index contributed by atoms with van der Waals surface area (Å²) in [6.45, 7) is 3.33. The van der Waals surface area contributed by atoms with Crippen LogP contribution in [0.5, 0.6) is 5.75 Å². The Morgan fingerprint density at radius 3 is 2.23 bits per heavy atom. The molecule has 0 aromatic heterocycles. The fraction of sp³-hybridized carbons (Fsp3) is 0.200. The van der Waals surface area contributed by atoms with Crippen molar-refractivity contribution in [3.05, 3.63) is 83.9 Å². The molecule has 0 bridgehead atoms. The van der Waals surface area contributed by atoms with Crippen LogP contribution in [0.25, 0.3) is 11.1 Å². The molecule has 0 spiro atoms. The second kappa shape index (κ2) is 10.3. The highest BCUT2D eigenvalue weighted by Crippen LogP contribution is 2.22. The van der Waals surface area contributed by atoms with Gasteiger partial charge in [0.1, 0.15) is 5.75 Å². The van der Waals surface area contributed by atoms with Crippen LogP contribution in [0.2, 0.25) is 0 Å². The highest BCUT2D eigenvalue weighted by atomic mass is 16.6. The maximum atomic E-state index is 12.2. The third-order valence-electron chi connectivity index (χ3n) is 4.69. The monoisotopic (exact) mass is 403 g/mol. The van der Waals surface area contributed by atoms with Gasteiger partial charge in [0.15, 0.2) is 13.2 Å². The molecule has 5 heteroatoms. The number of esters is 1. The van der Waals surface area contributed by atoms with E-state index in [0.29, 0.717) is 5.75 Å². The Labute approximate surface area is 176 Å². The molecule has 154 valence electrons. The van der Waals surface area contributed by atoms with Crippen LogP contribution in [0.1, 0.15) is 18.1 Å². The van der Waals surface area contributed by atoms with Crippen molar-refractivity contribution in [3.8, 4) is 16.9 Å². The number of hydrogen-bond acceptors (Lipinski definition) is 4. The molecule has 3 aromatic rings. The van der Waals surface area contributed by atoms with Crippen molar-refractivity contribution >= 4 is 17.6 Å². The van der Waals surface area contributed by atoms with Gasteiger partial charge in [-0.1, -0.05) is 67.6 Å². The molecule has 0 aliphatic rings. The van der Waals surface area contributed by atoms with Crippen LogP contribution in [0.3, 0.4) is 0 Å². The van der Waals surface area contributed by atoms with Crippen LogP contribution in [-0.2, 0) is 20.7 Å². The number of benzene rings is 3. The van der Waals surface area contributed by atoms with Crippen molar-refractivity contribution in [2.75, 3.05) is 18.5 Å². The van der Waals surface area contributed by atoms with E-state index in [9.17, 15) is 9.59 Å². The molecule has 30 heavy (non-hydrogen) atoms. The van der Waals surface area contributed by atoms with Crippen molar-refractivity contribution < 1.29 is 19.1 Å². The van der Waals surface area contributed by atoms with Crippen molar-refractivity contribution in [2.45, 2.75) is 20.3 Å². The highest BCUT2D eigenvalue weighted by molar-refractivity contribution is 5.94. The van der Waals surface area contributed by atoms with Crippen LogP contribution in [0, 0.1) is 6.92 Å². The van der Waals surface area contributed by atoms with Gasteiger partial charge in [0.2, 0.25) is 0 Å². The molecule has 0 fully saturated rings. The summed E-state index contributed by atoms with van der Waals surface area (Å²) in [5.74, 6) is -0.416. The van der Waals surface area contributed by atoms with Gasteiger partial charge in [-0.3, -0.25) is 4.79 Å².